The van der Waals surface area contributed by atoms with Gasteiger partial charge in [0.05, 0.1) is 16.6 Å². The number of hydrogen-bond acceptors (Lipinski definition) is 4. The van der Waals surface area contributed by atoms with E-state index < -0.39 is 0 Å². The van der Waals surface area contributed by atoms with Crippen molar-refractivity contribution >= 4 is 43.7 Å². The normalized spacial score (nSPS) is 13.2. The van der Waals surface area contributed by atoms with E-state index in [1.54, 1.807) is 0 Å². The minimum atomic E-state index is -0.187. The standard InChI is InChI=1S/C48H32N4O/c1-48(2)38-20-9-6-15-32(38)34-27-28-40-42(43(34)48)36-17-7-10-21-39(36)52(40)47-50-45(31-25-23-30(24-26-31)29-13-4-3-5-14-29)49-46(51-47)37-19-12-18-35-33-16-8-11-22-41(33)53-44(35)37/h3-28H,1-2H3. The highest BCUT2D eigenvalue weighted by atomic mass is 16.3. The van der Waals surface area contributed by atoms with Crippen molar-refractivity contribution in [1.29, 1.82) is 0 Å². The van der Waals surface area contributed by atoms with Gasteiger partial charge < -0.3 is 4.42 Å². The Morgan fingerprint density at radius 2 is 1.13 bits per heavy atom. The number of rotatable bonds is 4. The first kappa shape index (κ1) is 29.8. The Balaban J connectivity index is 1.19. The van der Waals surface area contributed by atoms with Gasteiger partial charge in [-0.05, 0) is 57.6 Å². The van der Waals surface area contributed by atoms with Crippen molar-refractivity contribution in [3.05, 3.63) is 169 Å². The Hall–Kier alpha value is -6.85. The molecule has 0 radical (unpaired) electrons. The van der Waals surface area contributed by atoms with E-state index in [2.05, 4.69) is 146 Å². The van der Waals surface area contributed by atoms with Gasteiger partial charge in [0, 0.05) is 32.5 Å². The topological polar surface area (TPSA) is 56.7 Å². The zero-order valence-corrected chi connectivity index (χ0v) is 29.2. The van der Waals surface area contributed by atoms with Gasteiger partial charge in [-0.15, -0.1) is 0 Å². The third kappa shape index (κ3) is 4.34. The molecule has 0 saturated heterocycles. The van der Waals surface area contributed by atoms with Crippen LogP contribution in [0.25, 0.3) is 94.7 Å². The number of fused-ring (bicyclic) bond motifs is 10. The summed E-state index contributed by atoms with van der Waals surface area (Å²) in [5.41, 5.74) is 12.8. The number of hydrogen-bond donors (Lipinski definition) is 0. The van der Waals surface area contributed by atoms with E-state index in [9.17, 15) is 0 Å². The van der Waals surface area contributed by atoms with Crippen molar-refractivity contribution in [2.75, 3.05) is 0 Å². The third-order valence-electron chi connectivity index (χ3n) is 11.1. The predicted molar refractivity (Wildman–Crippen MR) is 215 cm³/mol. The van der Waals surface area contributed by atoms with Crippen LogP contribution >= 0.6 is 0 Å². The number of furan rings is 1. The highest BCUT2D eigenvalue weighted by Crippen LogP contribution is 2.53. The summed E-state index contributed by atoms with van der Waals surface area (Å²) in [4.78, 5) is 15.8. The molecule has 0 atom stereocenters. The summed E-state index contributed by atoms with van der Waals surface area (Å²) in [7, 11) is 0. The third-order valence-corrected chi connectivity index (χ3v) is 11.1. The van der Waals surface area contributed by atoms with Crippen LogP contribution in [-0.4, -0.2) is 19.5 Å². The molecule has 11 rings (SSSR count). The van der Waals surface area contributed by atoms with E-state index in [0.717, 1.165) is 55.2 Å². The summed E-state index contributed by atoms with van der Waals surface area (Å²) in [6.07, 6.45) is 0. The van der Waals surface area contributed by atoms with E-state index >= 15 is 0 Å². The van der Waals surface area contributed by atoms with Crippen LogP contribution in [0, 0.1) is 0 Å². The molecule has 1 aliphatic rings. The van der Waals surface area contributed by atoms with Crippen LogP contribution in [0.15, 0.2) is 162 Å². The molecule has 3 heterocycles. The molecule has 250 valence electrons. The Bertz CT molecular complexity index is 3080. The number of para-hydroxylation sites is 3. The average molecular weight is 681 g/mol. The Labute approximate surface area is 305 Å². The Kier molecular flexibility index (Phi) is 6.23. The Morgan fingerprint density at radius 1 is 0.472 bits per heavy atom. The van der Waals surface area contributed by atoms with E-state index in [0.29, 0.717) is 17.6 Å². The summed E-state index contributed by atoms with van der Waals surface area (Å²) in [5.74, 6) is 1.71. The zero-order chi connectivity index (χ0) is 35.3. The molecule has 0 N–H and O–H groups in total. The molecule has 53 heavy (non-hydrogen) atoms. The van der Waals surface area contributed by atoms with Gasteiger partial charge in [-0.2, -0.15) is 9.97 Å². The zero-order valence-electron chi connectivity index (χ0n) is 29.2. The van der Waals surface area contributed by atoms with Gasteiger partial charge in [0.15, 0.2) is 11.6 Å². The molecule has 0 saturated carbocycles. The SMILES string of the molecule is CC1(C)c2ccccc2-c2ccc3c(c21)c1ccccc1n3-c1nc(-c2ccc(-c3ccccc3)cc2)nc(-c2cccc3c2oc2ccccc23)n1. The maximum absolute atomic E-state index is 6.52. The van der Waals surface area contributed by atoms with Crippen molar-refractivity contribution in [2.24, 2.45) is 0 Å². The quantitative estimate of drug-likeness (QED) is 0.186. The lowest BCUT2D eigenvalue weighted by atomic mass is 9.80. The van der Waals surface area contributed by atoms with Gasteiger partial charge in [-0.1, -0.05) is 147 Å². The first-order valence-electron chi connectivity index (χ1n) is 18.0. The fourth-order valence-electron chi connectivity index (χ4n) is 8.63. The smallest absolute Gasteiger partial charge is 0.238 e. The van der Waals surface area contributed by atoms with Crippen molar-refractivity contribution in [2.45, 2.75) is 19.3 Å². The summed E-state index contributed by atoms with van der Waals surface area (Å²) >= 11 is 0. The molecule has 0 fully saturated rings. The molecule has 5 nitrogen and oxygen atoms in total. The van der Waals surface area contributed by atoms with Crippen LogP contribution in [0.4, 0.5) is 0 Å². The predicted octanol–water partition coefficient (Wildman–Crippen LogP) is 12.2. The molecule has 0 bridgehead atoms. The van der Waals surface area contributed by atoms with Crippen LogP contribution < -0.4 is 0 Å². The maximum atomic E-state index is 6.52. The minimum Gasteiger partial charge on any atom is -0.455 e. The molecule has 0 spiro atoms. The average Bonchev–Trinajstić information content (AvgIpc) is 3.84. The van der Waals surface area contributed by atoms with Crippen molar-refractivity contribution in [3.8, 4) is 51.0 Å². The molecule has 10 aromatic rings. The van der Waals surface area contributed by atoms with Crippen molar-refractivity contribution in [1.82, 2.24) is 19.5 Å². The van der Waals surface area contributed by atoms with Crippen molar-refractivity contribution in [3.63, 3.8) is 0 Å². The van der Waals surface area contributed by atoms with E-state index in [-0.39, 0.29) is 5.41 Å². The van der Waals surface area contributed by atoms with Gasteiger partial charge in [-0.3, -0.25) is 4.57 Å². The minimum absolute atomic E-state index is 0.187. The van der Waals surface area contributed by atoms with E-state index in [4.69, 9.17) is 19.4 Å². The maximum Gasteiger partial charge on any atom is 0.238 e. The first-order chi connectivity index (χ1) is 26.0. The summed E-state index contributed by atoms with van der Waals surface area (Å²) in [6, 6.07) is 55.2. The van der Waals surface area contributed by atoms with Gasteiger partial charge in [0.25, 0.3) is 0 Å². The molecule has 0 aliphatic heterocycles. The fraction of sp³-hybridized carbons (Fsp3) is 0.0625. The monoisotopic (exact) mass is 680 g/mol. The lowest BCUT2D eigenvalue weighted by molar-refractivity contribution is 0.666. The highest BCUT2D eigenvalue weighted by Gasteiger charge is 2.38. The van der Waals surface area contributed by atoms with E-state index in [1.807, 2.05) is 30.3 Å². The number of benzene rings is 7. The van der Waals surface area contributed by atoms with Crippen LogP contribution in [0.1, 0.15) is 25.0 Å². The second kappa shape index (κ2) is 11.1. The molecule has 1 aliphatic carbocycles. The van der Waals surface area contributed by atoms with Gasteiger partial charge >= 0.3 is 0 Å². The lowest BCUT2D eigenvalue weighted by Gasteiger charge is -2.22. The molecule has 3 aromatic heterocycles. The summed E-state index contributed by atoms with van der Waals surface area (Å²) in [6.45, 7) is 4.69. The van der Waals surface area contributed by atoms with E-state index in [1.165, 1.54) is 33.0 Å². The fourth-order valence-corrected chi connectivity index (χ4v) is 8.63. The van der Waals surface area contributed by atoms with Crippen LogP contribution in [-0.2, 0) is 5.41 Å². The number of aromatic nitrogens is 4. The lowest BCUT2D eigenvalue weighted by Crippen LogP contribution is -2.15. The molecule has 0 unspecified atom stereocenters. The summed E-state index contributed by atoms with van der Waals surface area (Å²) < 4.78 is 8.73. The van der Waals surface area contributed by atoms with Gasteiger partial charge in [0.2, 0.25) is 5.95 Å². The highest BCUT2D eigenvalue weighted by molar-refractivity contribution is 6.14. The molecular formula is C48H32N4O. The van der Waals surface area contributed by atoms with Crippen LogP contribution in [0.5, 0.6) is 0 Å². The molecule has 7 aromatic carbocycles. The Morgan fingerprint density at radius 3 is 2.00 bits per heavy atom. The molecule has 5 heteroatoms. The van der Waals surface area contributed by atoms with Crippen molar-refractivity contribution < 1.29 is 4.42 Å². The summed E-state index contributed by atoms with van der Waals surface area (Å²) in [5, 5.41) is 4.50. The number of nitrogens with zero attached hydrogens (tertiary/aromatic N) is 4. The van der Waals surface area contributed by atoms with Crippen LogP contribution in [0.2, 0.25) is 0 Å². The van der Waals surface area contributed by atoms with Gasteiger partial charge in [0.1, 0.15) is 11.2 Å². The first-order valence-corrected chi connectivity index (χ1v) is 18.0. The largest absolute Gasteiger partial charge is 0.455 e. The molecular weight excluding hydrogens is 649 g/mol. The molecule has 0 amide bonds. The van der Waals surface area contributed by atoms with Crippen LogP contribution in [0.3, 0.4) is 0 Å². The second-order valence-corrected chi connectivity index (χ2v) is 14.4. The second-order valence-electron chi connectivity index (χ2n) is 14.4. The van der Waals surface area contributed by atoms with Gasteiger partial charge in [-0.25, -0.2) is 4.98 Å².